The van der Waals surface area contributed by atoms with Crippen LogP contribution < -0.4 is 0 Å². The van der Waals surface area contributed by atoms with E-state index >= 15 is 0 Å². The third-order valence-electron chi connectivity index (χ3n) is 3.37. The van der Waals surface area contributed by atoms with Gasteiger partial charge < -0.3 is 5.11 Å². The van der Waals surface area contributed by atoms with E-state index in [-0.39, 0.29) is 23.5 Å². The topological polar surface area (TPSA) is 118 Å². The van der Waals surface area contributed by atoms with Gasteiger partial charge in [-0.3, -0.25) is 14.9 Å². The molecular formula is C12H14N2O6S. The van der Waals surface area contributed by atoms with Crippen LogP contribution in [-0.4, -0.2) is 41.3 Å². The number of aliphatic carboxylic acids is 1. The summed E-state index contributed by atoms with van der Waals surface area (Å²) in [4.78, 5) is 21.0. The van der Waals surface area contributed by atoms with Crippen LogP contribution in [0.15, 0.2) is 29.2 Å². The summed E-state index contributed by atoms with van der Waals surface area (Å²) in [7, 11) is -4.06. The number of nitro benzene ring substituents is 1. The second kappa shape index (κ2) is 5.78. The number of carbonyl (C=O) groups is 1. The molecule has 1 fully saturated rings. The van der Waals surface area contributed by atoms with Crippen LogP contribution in [0, 0.1) is 10.1 Å². The van der Waals surface area contributed by atoms with Crippen LogP contribution in [0.3, 0.4) is 0 Å². The number of non-ortho nitro benzene ring substituents is 1. The lowest BCUT2D eigenvalue weighted by molar-refractivity contribution is -0.385. The van der Waals surface area contributed by atoms with Gasteiger partial charge in [-0.1, -0.05) is 6.07 Å². The van der Waals surface area contributed by atoms with Gasteiger partial charge >= 0.3 is 5.97 Å². The van der Waals surface area contributed by atoms with Crippen LogP contribution >= 0.6 is 0 Å². The summed E-state index contributed by atoms with van der Waals surface area (Å²) < 4.78 is 25.9. The van der Waals surface area contributed by atoms with Crippen molar-refractivity contribution in [1.29, 1.82) is 0 Å². The van der Waals surface area contributed by atoms with E-state index in [2.05, 4.69) is 0 Å². The van der Waals surface area contributed by atoms with Gasteiger partial charge in [0.05, 0.1) is 9.82 Å². The van der Waals surface area contributed by atoms with Crippen molar-refractivity contribution in [3.63, 3.8) is 0 Å². The normalized spacial score (nSPS) is 20.1. The first-order valence-corrected chi connectivity index (χ1v) is 7.77. The molecule has 2 rings (SSSR count). The molecule has 1 heterocycles. The first-order valence-electron chi connectivity index (χ1n) is 6.33. The first-order chi connectivity index (χ1) is 9.84. The van der Waals surface area contributed by atoms with Gasteiger partial charge in [0.2, 0.25) is 10.0 Å². The molecule has 0 amide bonds. The molecule has 114 valence electrons. The molecule has 0 aromatic heterocycles. The van der Waals surface area contributed by atoms with Crippen LogP contribution in [0.1, 0.15) is 19.3 Å². The van der Waals surface area contributed by atoms with Gasteiger partial charge in [0, 0.05) is 18.7 Å². The van der Waals surface area contributed by atoms with E-state index in [9.17, 15) is 23.3 Å². The van der Waals surface area contributed by atoms with Crippen molar-refractivity contribution in [3.05, 3.63) is 34.4 Å². The Kier molecular flexibility index (Phi) is 4.24. The maximum atomic E-state index is 12.5. The summed E-state index contributed by atoms with van der Waals surface area (Å²) in [6.07, 6.45) is 1.44. The number of sulfonamides is 1. The fraction of sp³-hybridized carbons (Fsp3) is 0.417. The van der Waals surface area contributed by atoms with Gasteiger partial charge in [-0.05, 0) is 25.3 Å². The molecule has 1 aromatic rings. The van der Waals surface area contributed by atoms with Gasteiger partial charge in [-0.2, -0.15) is 4.31 Å². The number of hydrogen-bond acceptors (Lipinski definition) is 5. The molecule has 0 bridgehead atoms. The molecule has 1 saturated heterocycles. The highest BCUT2D eigenvalue weighted by atomic mass is 32.2. The lowest BCUT2D eigenvalue weighted by Crippen LogP contribution is -2.47. The van der Waals surface area contributed by atoms with E-state index in [1.165, 1.54) is 18.2 Å². The Morgan fingerprint density at radius 3 is 2.71 bits per heavy atom. The SMILES string of the molecule is O=C(O)[C@@H]1CCCCN1S(=O)(=O)c1cccc([N+](=O)[O-])c1. The van der Waals surface area contributed by atoms with Crippen molar-refractivity contribution in [3.8, 4) is 0 Å². The predicted octanol–water partition coefficient (Wildman–Crippen LogP) is 1.22. The summed E-state index contributed by atoms with van der Waals surface area (Å²) in [6.45, 7) is 0.0992. The molecule has 1 aliphatic heterocycles. The average molecular weight is 314 g/mol. The van der Waals surface area contributed by atoms with Crippen molar-refractivity contribution in [2.24, 2.45) is 0 Å². The number of hydrogen-bond donors (Lipinski definition) is 1. The molecule has 9 heteroatoms. The number of rotatable bonds is 4. The van der Waals surface area contributed by atoms with E-state index in [0.29, 0.717) is 12.8 Å². The first kappa shape index (κ1) is 15.4. The number of nitrogens with zero attached hydrogens (tertiary/aromatic N) is 2. The highest BCUT2D eigenvalue weighted by molar-refractivity contribution is 7.89. The maximum absolute atomic E-state index is 12.5. The van der Waals surface area contributed by atoms with Crippen LogP contribution in [0.5, 0.6) is 0 Å². The molecule has 0 spiro atoms. The number of benzene rings is 1. The largest absolute Gasteiger partial charge is 0.480 e. The minimum Gasteiger partial charge on any atom is -0.480 e. The monoisotopic (exact) mass is 314 g/mol. The summed E-state index contributed by atoms with van der Waals surface area (Å²) in [6, 6.07) is 3.51. The lowest BCUT2D eigenvalue weighted by Gasteiger charge is -2.31. The van der Waals surface area contributed by atoms with Crippen LogP contribution in [0.4, 0.5) is 5.69 Å². The Balaban J connectivity index is 2.43. The average Bonchev–Trinajstić information content (AvgIpc) is 2.47. The van der Waals surface area contributed by atoms with Crippen molar-refractivity contribution in [2.75, 3.05) is 6.54 Å². The van der Waals surface area contributed by atoms with Crippen molar-refractivity contribution >= 4 is 21.7 Å². The number of carboxylic acids is 1. The minimum absolute atomic E-state index is 0.0992. The molecule has 8 nitrogen and oxygen atoms in total. The van der Waals surface area contributed by atoms with Gasteiger partial charge in [0.1, 0.15) is 6.04 Å². The quantitative estimate of drug-likeness (QED) is 0.659. The van der Waals surface area contributed by atoms with Gasteiger partial charge in [0.15, 0.2) is 0 Å². The molecule has 0 aliphatic carbocycles. The standard InChI is InChI=1S/C12H14N2O6S/c15-12(16)11-6-1-2-7-13(11)21(19,20)10-5-3-4-9(8-10)14(17)18/h3-5,8,11H,1-2,6-7H2,(H,15,16)/t11-/m0/s1. The van der Waals surface area contributed by atoms with E-state index in [0.717, 1.165) is 10.4 Å². The molecule has 1 atom stereocenters. The van der Waals surface area contributed by atoms with Crippen molar-refractivity contribution in [2.45, 2.75) is 30.2 Å². The summed E-state index contributed by atoms with van der Waals surface area (Å²) >= 11 is 0. The highest BCUT2D eigenvalue weighted by Gasteiger charge is 2.37. The zero-order valence-electron chi connectivity index (χ0n) is 11.0. The molecular weight excluding hydrogens is 300 g/mol. The van der Waals surface area contributed by atoms with Crippen LogP contribution in [0.2, 0.25) is 0 Å². The third kappa shape index (κ3) is 3.03. The van der Waals surface area contributed by atoms with E-state index < -0.39 is 27.0 Å². The van der Waals surface area contributed by atoms with Gasteiger partial charge in [0.25, 0.3) is 5.69 Å². The number of carboxylic acid groups (broad SMARTS) is 1. The van der Waals surface area contributed by atoms with E-state index in [4.69, 9.17) is 5.11 Å². The Bertz CT molecular complexity index is 672. The van der Waals surface area contributed by atoms with E-state index in [1.54, 1.807) is 0 Å². The molecule has 1 aromatic carbocycles. The molecule has 1 N–H and O–H groups in total. The Labute approximate surface area is 121 Å². The van der Waals surface area contributed by atoms with Crippen molar-refractivity contribution in [1.82, 2.24) is 4.31 Å². The zero-order chi connectivity index (χ0) is 15.6. The maximum Gasteiger partial charge on any atom is 0.322 e. The highest BCUT2D eigenvalue weighted by Crippen LogP contribution is 2.27. The summed E-state index contributed by atoms with van der Waals surface area (Å²) in [5, 5.41) is 19.9. The second-order valence-corrected chi connectivity index (χ2v) is 6.61. The van der Waals surface area contributed by atoms with E-state index in [1.807, 2.05) is 0 Å². The fourth-order valence-corrected chi connectivity index (χ4v) is 4.02. The molecule has 0 saturated carbocycles. The number of nitro groups is 1. The fourth-order valence-electron chi connectivity index (χ4n) is 2.33. The van der Waals surface area contributed by atoms with Crippen molar-refractivity contribution < 1.29 is 23.2 Å². The minimum atomic E-state index is -4.06. The van der Waals surface area contributed by atoms with Gasteiger partial charge in [-0.15, -0.1) is 0 Å². The number of piperidine rings is 1. The van der Waals surface area contributed by atoms with Gasteiger partial charge in [-0.25, -0.2) is 8.42 Å². The Hall–Kier alpha value is -2.00. The van der Waals surface area contributed by atoms with Crippen LogP contribution in [-0.2, 0) is 14.8 Å². The lowest BCUT2D eigenvalue weighted by atomic mass is 10.1. The van der Waals surface area contributed by atoms with Crippen LogP contribution in [0.25, 0.3) is 0 Å². The molecule has 21 heavy (non-hydrogen) atoms. The molecule has 0 unspecified atom stereocenters. The summed E-state index contributed by atoms with van der Waals surface area (Å²) in [5.74, 6) is -1.20. The smallest absolute Gasteiger partial charge is 0.322 e. The molecule has 0 radical (unpaired) electrons. The Morgan fingerprint density at radius 2 is 2.10 bits per heavy atom. The predicted molar refractivity (Wildman–Crippen MR) is 72.3 cm³/mol. The zero-order valence-corrected chi connectivity index (χ0v) is 11.8. The molecule has 1 aliphatic rings. The second-order valence-electron chi connectivity index (χ2n) is 4.72. The summed E-state index contributed by atoms with van der Waals surface area (Å²) in [5.41, 5.74) is -0.347. The third-order valence-corrected chi connectivity index (χ3v) is 5.28. The Morgan fingerprint density at radius 1 is 1.38 bits per heavy atom.